The molecule has 2 amide bonds. The van der Waals surface area contributed by atoms with Gasteiger partial charge in [-0.25, -0.2) is 13.1 Å². The predicted octanol–water partition coefficient (Wildman–Crippen LogP) is 1.78. The molecule has 4 saturated carbocycles. The van der Waals surface area contributed by atoms with Gasteiger partial charge in [0.2, 0.25) is 10.0 Å². The molecule has 138 valence electrons. The van der Waals surface area contributed by atoms with E-state index in [1.807, 2.05) is 0 Å². The second-order valence-electron chi connectivity index (χ2n) is 8.64. The highest BCUT2D eigenvalue weighted by Crippen LogP contribution is 2.57. The van der Waals surface area contributed by atoms with E-state index in [1.165, 1.54) is 11.2 Å². The highest BCUT2D eigenvalue weighted by molar-refractivity contribution is 7.88. The molecule has 0 saturated heterocycles. The minimum absolute atomic E-state index is 0.103. The summed E-state index contributed by atoms with van der Waals surface area (Å²) in [6.07, 6.45) is 5.47. The number of benzene rings is 1. The summed E-state index contributed by atoms with van der Waals surface area (Å²) in [4.78, 5) is 27.4. The molecule has 1 aromatic carbocycles. The van der Waals surface area contributed by atoms with Crippen molar-refractivity contribution in [3.63, 3.8) is 0 Å². The molecule has 4 aliphatic carbocycles. The normalized spacial score (nSPS) is 38.1. The number of rotatable bonds is 3. The zero-order chi connectivity index (χ0) is 18.3. The van der Waals surface area contributed by atoms with E-state index < -0.39 is 10.0 Å². The average molecular weight is 374 g/mol. The molecule has 1 aromatic rings. The van der Waals surface area contributed by atoms with Crippen LogP contribution in [0.4, 0.5) is 0 Å². The van der Waals surface area contributed by atoms with Gasteiger partial charge in [0.05, 0.1) is 17.4 Å². The van der Waals surface area contributed by atoms with Crippen LogP contribution in [0.15, 0.2) is 24.3 Å². The molecular weight excluding hydrogens is 352 g/mol. The van der Waals surface area contributed by atoms with Gasteiger partial charge in [0.25, 0.3) is 11.8 Å². The van der Waals surface area contributed by atoms with Crippen LogP contribution in [0, 0.1) is 17.8 Å². The summed E-state index contributed by atoms with van der Waals surface area (Å²) in [7, 11) is -3.29. The number of hydrogen-bond acceptors (Lipinski definition) is 4. The molecule has 7 heteroatoms. The average Bonchev–Trinajstić information content (AvgIpc) is 2.77. The van der Waals surface area contributed by atoms with Gasteiger partial charge in [-0.15, -0.1) is 0 Å². The Bertz CT molecular complexity index is 874. The predicted molar refractivity (Wildman–Crippen MR) is 95.0 cm³/mol. The molecule has 2 unspecified atom stereocenters. The van der Waals surface area contributed by atoms with Crippen LogP contribution in [0.3, 0.4) is 0 Å². The molecule has 1 aliphatic heterocycles. The first kappa shape index (κ1) is 16.4. The van der Waals surface area contributed by atoms with Crippen LogP contribution in [0.1, 0.15) is 52.8 Å². The van der Waals surface area contributed by atoms with E-state index in [1.54, 1.807) is 24.3 Å². The van der Waals surface area contributed by atoms with Gasteiger partial charge >= 0.3 is 0 Å². The highest BCUT2D eigenvalue weighted by atomic mass is 32.2. The number of hydrogen-bond donors (Lipinski definition) is 1. The molecule has 5 aliphatic rings. The Hall–Kier alpha value is -1.73. The van der Waals surface area contributed by atoms with Gasteiger partial charge in [-0.3, -0.25) is 14.5 Å². The number of fused-ring (bicyclic) bond motifs is 1. The maximum Gasteiger partial charge on any atom is 0.261 e. The van der Waals surface area contributed by atoms with Crippen molar-refractivity contribution in [2.45, 2.75) is 43.7 Å². The van der Waals surface area contributed by atoms with Gasteiger partial charge < -0.3 is 0 Å². The minimum atomic E-state index is -3.29. The zero-order valence-corrected chi connectivity index (χ0v) is 15.5. The van der Waals surface area contributed by atoms with Gasteiger partial charge in [-0.1, -0.05) is 12.1 Å². The van der Waals surface area contributed by atoms with Crippen molar-refractivity contribution in [1.29, 1.82) is 0 Å². The van der Waals surface area contributed by atoms with Crippen molar-refractivity contribution in [2.24, 2.45) is 17.8 Å². The van der Waals surface area contributed by atoms with Gasteiger partial charge in [0.15, 0.2) is 0 Å². The first-order valence-electron chi connectivity index (χ1n) is 9.22. The molecule has 1 N–H and O–H groups in total. The summed E-state index contributed by atoms with van der Waals surface area (Å²) >= 11 is 0. The van der Waals surface area contributed by atoms with Gasteiger partial charge in [0, 0.05) is 11.6 Å². The maximum absolute atomic E-state index is 12.9. The fourth-order valence-electron chi connectivity index (χ4n) is 6.42. The second-order valence-corrected chi connectivity index (χ2v) is 10.4. The lowest BCUT2D eigenvalue weighted by Gasteiger charge is -2.61. The molecule has 6 nitrogen and oxygen atoms in total. The summed E-state index contributed by atoms with van der Waals surface area (Å²) in [5.74, 6) is 0.463. The van der Waals surface area contributed by atoms with Crippen LogP contribution in [0.5, 0.6) is 0 Å². The highest BCUT2D eigenvalue weighted by Gasteiger charge is 2.59. The Balaban J connectivity index is 1.49. The molecule has 1 heterocycles. The Morgan fingerprint density at radius 3 is 2.04 bits per heavy atom. The van der Waals surface area contributed by atoms with Crippen LogP contribution in [-0.2, 0) is 10.0 Å². The van der Waals surface area contributed by atoms with Crippen LogP contribution >= 0.6 is 0 Å². The summed E-state index contributed by atoms with van der Waals surface area (Å²) in [6, 6.07) is 6.91. The monoisotopic (exact) mass is 374 g/mol. The van der Waals surface area contributed by atoms with Crippen molar-refractivity contribution in [2.75, 3.05) is 6.26 Å². The van der Waals surface area contributed by atoms with Crippen molar-refractivity contribution in [1.82, 2.24) is 9.62 Å². The van der Waals surface area contributed by atoms with Gasteiger partial charge in [-0.2, -0.15) is 0 Å². The van der Waals surface area contributed by atoms with Crippen molar-refractivity contribution < 1.29 is 18.0 Å². The van der Waals surface area contributed by atoms with Crippen LogP contribution in [0.2, 0.25) is 0 Å². The van der Waals surface area contributed by atoms with E-state index in [2.05, 4.69) is 4.72 Å². The lowest BCUT2D eigenvalue weighted by Crippen LogP contribution is -2.67. The van der Waals surface area contributed by atoms with E-state index in [0.29, 0.717) is 29.9 Å². The maximum atomic E-state index is 12.9. The SMILES string of the molecule is CS(=O)(=O)NC12CC3CC(C1)C(N1C(=O)c4ccccc4C1=O)C(C3)C2. The van der Waals surface area contributed by atoms with E-state index in [4.69, 9.17) is 0 Å². The fraction of sp³-hybridized carbons (Fsp3) is 0.579. The first-order chi connectivity index (χ1) is 12.3. The van der Waals surface area contributed by atoms with Crippen molar-refractivity contribution >= 4 is 21.8 Å². The molecular formula is C19H22N2O4S. The van der Waals surface area contributed by atoms with E-state index >= 15 is 0 Å². The third-order valence-electron chi connectivity index (χ3n) is 6.75. The first-order valence-corrected chi connectivity index (χ1v) is 11.1. The van der Waals surface area contributed by atoms with Crippen LogP contribution < -0.4 is 4.72 Å². The minimum Gasteiger partial charge on any atom is -0.271 e. The molecule has 26 heavy (non-hydrogen) atoms. The standard InChI is InChI=1S/C19H22N2O4S/c1-26(24,25)20-19-8-11-6-12(9-19)16(13(7-11)10-19)21-17(22)14-4-2-3-5-15(14)18(21)23/h2-5,11-13,16,20H,6-10H2,1H3. The summed E-state index contributed by atoms with van der Waals surface area (Å²) < 4.78 is 26.7. The largest absolute Gasteiger partial charge is 0.271 e. The number of imide groups is 1. The van der Waals surface area contributed by atoms with Gasteiger partial charge in [-0.05, 0) is 62.0 Å². The molecule has 4 fully saturated rings. The quantitative estimate of drug-likeness (QED) is 0.818. The third-order valence-corrected chi connectivity index (χ3v) is 7.55. The smallest absolute Gasteiger partial charge is 0.261 e. The number of sulfonamides is 1. The van der Waals surface area contributed by atoms with Crippen LogP contribution in [0.25, 0.3) is 0 Å². The number of carbonyl (C=O) groups excluding carboxylic acids is 2. The molecule has 2 atom stereocenters. The molecule has 0 radical (unpaired) electrons. The number of nitrogens with one attached hydrogen (secondary N) is 1. The lowest BCUT2D eigenvalue weighted by molar-refractivity contribution is -0.0638. The summed E-state index contributed by atoms with van der Waals surface area (Å²) in [5.41, 5.74) is 0.602. The fourth-order valence-corrected chi connectivity index (χ4v) is 7.45. The molecule has 0 spiro atoms. The van der Waals surface area contributed by atoms with Crippen LogP contribution in [-0.4, -0.2) is 43.0 Å². The van der Waals surface area contributed by atoms with Crippen molar-refractivity contribution in [3.8, 4) is 0 Å². The molecule has 4 bridgehead atoms. The Labute approximate surface area is 153 Å². The van der Waals surface area contributed by atoms with Crippen molar-refractivity contribution in [3.05, 3.63) is 35.4 Å². The van der Waals surface area contributed by atoms with E-state index in [-0.39, 0.29) is 35.2 Å². The summed E-state index contributed by atoms with van der Waals surface area (Å²) in [6.45, 7) is 0. The van der Waals surface area contributed by atoms with E-state index in [0.717, 1.165) is 19.3 Å². The molecule has 0 aromatic heterocycles. The number of carbonyl (C=O) groups is 2. The third kappa shape index (κ3) is 2.29. The van der Waals surface area contributed by atoms with E-state index in [9.17, 15) is 18.0 Å². The zero-order valence-electron chi connectivity index (χ0n) is 14.6. The topological polar surface area (TPSA) is 83.6 Å². The number of amides is 2. The Morgan fingerprint density at radius 2 is 1.54 bits per heavy atom. The Morgan fingerprint density at radius 1 is 1.00 bits per heavy atom. The number of nitrogens with zero attached hydrogens (tertiary/aromatic N) is 1. The molecule has 6 rings (SSSR count). The second kappa shape index (κ2) is 5.16. The summed E-state index contributed by atoms with van der Waals surface area (Å²) in [5, 5.41) is 0. The lowest BCUT2D eigenvalue weighted by atomic mass is 9.51. The Kier molecular flexibility index (Phi) is 3.27. The van der Waals surface area contributed by atoms with Gasteiger partial charge in [0.1, 0.15) is 0 Å².